The smallest absolute Gasteiger partial charge is 0.391 e. The third kappa shape index (κ3) is 4.47. The van der Waals surface area contributed by atoms with Gasteiger partial charge in [0.05, 0.1) is 5.92 Å². The first-order chi connectivity index (χ1) is 10.4. The first-order valence-electron chi connectivity index (χ1n) is 7.47. The van der Waals surface area contributed by atoms with Gasteiger partial charge in [-0.05, 0) is 43.4 Å². The Hall–Kier alpha value is -1.56. The Labute approximate surface area is 127 Å². The van der Waals surface area contributed by atoms with E-state index in [4.69, 9.17) is 5.11 Å². The molecule has 0 aromatic heterocycles. The van der Waals surface area contributed by atoms with Crippen molar-refractivity contribution in [2.24, 2.45) is 11.8 Å². The summed E-state index contributed by atoms with van der Waals surface area (Å²) in [4.78, 5) is 12.1. The predicted octanol–water partition coefficient (Wildman–Crippen LogP) is 3.53. The monoisotopic (exact) mass is 315 g/mol. The molecule has 0 saturated heterocycles. The minimum Gasteiger partial charge on any atom is -0.396 e. The molecular weight excluding hydrogens is 295 g/mol. The molecular formula is C16H20F3NO2. The summed E-state index contributed by atoms with van der Waals surface area (Å²) in [5.74, 6) is -2.30. The highest BCUT2D eigenvalue weighted by molar-refractivity contribution is 5.92. The van der Waals surface area contributed by atoms with Gasteiger partial charge in [-0.15, -0.1) is 0 Å². The third-order valence-corrected chi connectivity index (χ3v) is 4.13. The molecule has 1 amide bonds. The fourth-order valence-corrected chi connectivity index (χ4v) is 2.85. The lowest BCUT2D eigenvalue weighted by Crippen LogP contribution is -2.34. The predicted molar refractivity (Wildman–Crippen MR) is 77.4 cm³/mol. The fourth-order valence-electron chi connectivity index (χ4n) is 2.85. The topological polar surface area (TPSA) is 49.3 Å². The molecule has 22 heavy (non-hydrogen) atoms. The van der Waals surface area contributed by atoms with Gasteiger partial charge < -0.3 is 10.4 Å². The Kier molecular flexibility index (Phi) is 5.45. The lowest BCUT2D eigenvalue weighted by atomic mass is 9.80. The molecule has 1 aromatic carbocycles. The summed E-state index contributed by atoms with van der Waals surface area (Å²) in [6.45, 7) is 0.0482. The van der Waals surface area contributed by atoms with Crippen molar-refractivity contribution in [3.05, 3.63) is 29.8 Å². The molecule has 1 saturated carbocycles. The molecule has 3 nitrogen and oxygen atoms in total. The number of carbonyl (C=O) groups is 1. The average Bonchev–Trinajstić information content (AvgIpc) is 2.49. The van der Waals surface area contributed by atoms with Crippen LogP contribution < -0.4 is 5.32 Å². The second-order valence-electron chi connectivity index (χ2n) is 5.76. The molecule has 0 unspecified atom stereocenters. The van der Waals surface area contributed by atoms with E-state index in [1.165, 1.54) is 0 Å². The largest absolute Gasteiger partial charge is 0.396 e. The van der Waals surface area contributed by atoms with E-state index >= 15 is 0 Å². The number of nitrogens with one attached hydrogen (secondary N) is 1. The van der Waals surface area contributed by atoms with Gasteiger partial charge in [0.25, 0.3) is 0 Å². The van der Waals surface area contributed by atoms with Gasteiger partial charge in [0.15, 0.2) is 0 Å². The van der Waals surface area contributed by atoms with Crippen molar-refractivity contribution in [2.75, 3.05) is 11.9 Å². The van der Waals surface area contributed by atoms with Crippen LogP contribution in [0.4, 0.5) is 18.9 Å². The third-order valence-electron chi connectivity index (χ3n) is 4.13. The van der Waals surface area contributed by atoms with Crippen LogP contribution in [0.25, 0.3) is 0 Å². The molecule has 6 heteroatoms. The number of aliphatic hydroxyl groups excluding tert-OH is 1. The van der Waals surface area contributed by atoms with Crippen molar-refractivity contribution < 1.29 is 23.1 Å². The lowest BCUT2D eigenvalue weighted by Gasteiger charge is -2.29. The van der Waals surface area contributed by atoms with Gasteiger partial charge in [-0.25, -0.2) is 0 Å². The Morgan fingerprint density at radius 2 is 1.91 bits per heavy atom. The number of rotatable bonds is 4. The second kappa shape index (κ2) is 7.13. The van der Waals surface area contributed by atoms with Crippen molar-refractivity contribution in [1.82, 2.24) is 0 Å². The van der Waals surface area contributed by atoms with E-state index in [1.54, 1.807) is 24.3 Å². The number of amides is 1. The summed E-state index contributed by atoms with van der Waals surface area (Å²) >= 11 is 0. The summed E-state index contributed by atoms with van der Waals surface area (Å²) in [6.07, 6.45) is -2.77. The molecule has 122 valence electrons. The number of hydrogen-bond acceptors (Lipinski definition) is 2. The Morgan fingerprint density at radius 1 is 1.23 bits per heavy atom. The van der Waals surface area contributed by atoms with Crippen molar-refractivity contribution in [3.63, 3.8) is 0 Å². The normalized spacial score (nSPS) is 22.4. The van der Waals surface area contributed by atoms with Gasteiger partial charge >= 0.3 is 6.18 Å². The molecule has 0 aliphatic heterocycles. The standard InChI is InChI=1S/C16H20F3NO2/c17-16(18,19)13-3-1-2-12(10-13)15(22)20-14-6-4-11(5-7-14)8-9-21/h4-7,12-13,21H,1-3,8-10H2,(H,20,22)/t12-,13-/m1/s1. The van der Waals surface area contributed by atoms with Crippen LogP contribution >= 0.6 is 0 Å². The van der Waals surface area contributed by atoms with Crippen LogP contribution in [0.1, 0.15) is 31.2 Å². The highest BCUT2D eigenvalue weighted by Crippen LogP contribution is 2.40. The molecule has 0 heterocycles. The van der Waals surface area contributed by atoms with Crippen molar-refractivity contribution in [2.45, 2.75) is 38.3 Å². The zero-order chi connectivity index (χ0) is 16.2. The van der Waals surface area contributed by atoms with Gasteiger partial charge in [0.2, 0.25) is 5.91 Å². The molecule has 0 spiro atoms. The Morgan fingerprint density at radius 3 is 2.50 bits per heavy atom. The number of alkyl halides is 3. The van der Waals surface area contributed by atoms with E-state index in [1.807, 2.05) is 0 Å². The highest BCUT2D eigenvalue weighted by atomic mass is 19.4. The molecule has 2 N–H and O–H groups in total. The summed E-state index contributed by atoms with van der Waals surface area (Å²) in [6, 6.07) is 6.97. The molecule has 1 fully saturated rings. The van der Waals surface area contributed by atoms with Crippen LogP contribution in [0, 0.1) is 11.8 Å². The van der Waals surface area contributed by atoms with Crippen LogP contribution in [0.2, 0.25) is 0 Å². The average molecular weight is 315 g/mol. The van der Waals surface area contributed by atoms with Gasteiger partial charge in [0, 0.05) is 18.2 Å². The number of benzene rings is 1. The zero-order valence-corrected chi connectivity index (χ0v) is 12.2. The summed E-state index contributed by atoms with van der Waals surface area (Å²) in [5, 5.41) is 11.5. The Balaban J connectivity index is 1.93. The van der Waals surface area contributed by atoms with Gasteiger partial charge in [-0.2, -0.15) is 13.2 Å². The highest BCUT2D eigenvalue weighted by Gasteiger charge is 2.43. The van der Waals surface area contributed by atoms with Crippen LogP contribution in [-0.4, -0.2) is 23.8 Å². The molecule has 0 bridgehead atoms. The van der Waals surface area contributed by atoms with Crippen molar-refractivity contribution in [3.8, 4) is 0 Å². The molecule has 1 aliphatic rings. The number of halogens is 3. The SMILES string of the molecule is O=C(Nc1ccc(CCO)cc1)[C@@H]1CCC[C@@H](C(F)(F)F)C1. The maximum absolute atomic E-state index is 12.8. The maximum Gasteiger partial charge on any atom is 0.391 e. The summed E-state index contributed by atoms with van der Waals surface area (Å²) < 4.78 is 38.3. The van der Waals surface area contributed by atoms with Crippen LogP contribution in [0.15, 0.2) is 24.3 Å². The summed E-state index contributed by atoms with van der Waals surface area (Å²) in [7, 11) is 0. The molecule has 2 atom stereocenters. The van der Waals surface area contributed by atoms with E-state index in [0.29, 0.717) is 24.9 Å². The first kappa shape index (κ1) is 16.8. The number of anilines is 1. The first-order valence-corrected chi connectivity index (χ1v) is 7.47. The number of hydrogen-bond donors (Lipinski definition) is 2. The lowest BCUT2D eigenvalue weighted by molar-refractivity contribution is -0.185. The molecule has 1 aliphatic carbocycles. The van der Waals surface area contributed by atoms with Crippen LogP contribution in [-0.2, 0) is 11.2 Å². The van der Waals surface area contributed by atoms with Crippen molar-refractivity contribution >= 4 is 11.6 Å². The fraction of sp³-hybridized carbons (Fsp3) is 0.562. The van der Waals surface area contributed by atoms with E-state index < -0.39 is 18.0 Å². The van der Waals surface area contributed by atoms with Crippen molar-refractivity contribution in [1.29, 1.82) is 0 Å². The van der Waals surface area contributed by atoms with E-state index in [9.17, 15) is 18.0 Å². The number of carbonyl (C=O) groups excluding carboxylic acids is 1. The maximum atomic E-state index is 12.8. The van der Waals surface area contributed by atoms with Gasteiger partial charge in [-0.3, -0.25) is 4.79 Å². The molecule has 0 radical (unpaired) electrons. The Bertz CT molecular complexity index is 499. The van der Waals surface area contributed by atoms with Crippen LogP contribution in [0.5, 0.6) is 0 Å². The van der Waals surface area contributed by atoms with E-state index in [0.717, 1.165) is 5.56 Å². The summed E-state index contributed by atoms with van der Waals surface area (Å²) in [5.41, 5.74) is 1.51. The van der Waals surface area contributed by atoms with Crippen LogP contribution in [0.3, 0.4) is 0 Å². The van der Waals surface area contributed by atoms with E-state index in [-0.39, 0.29) is 25.4 Å². The second-order valence-corrected chi connectivity index (χ2v) is 5.76. The minimum atomic E-state index is -4.22. The minimum absolute atomic E-state index is 0.0482. The van der Waals surface area contributed by atoms with E-state index in [2.05, 4.69) is 5.32 Å². The van der Waals surface area contributed by atoms with Gasteiger partial charge in [-0.1, -0.05) is 18.6 Å². The zero-order valence-electron chi connectivity index (χ0n) is 12.2. The molecule has 2 rings (SSSR count). The molecule has 1 aromatic rings. The van der Waals surface area contributed by atoms with Gasteiger partial charge in [0.1, 0.15) is 0 Å². The quantitative estimate of drug-likeness (QED) is 0.893. The number of aliphatic hydroxyl groups is 1.